The van der Waals surface area contributed by atoms with Crippen molar-refractivity contribution >= 4 is 35.0 Å². The third kappa shape index (κ3) is 4.71. The number of fused-ring (bicyclic) bond motifs is 1. The number of amides is 4. The molecule has 4 aliphatic heterocycles. The molecule has 0 radical (unpaired) electrons. The van der Waals surface area contributed by atoms with Gasteiger partial charge in [-0.05, 0) is 42.3 Å². The molecule has 11 heteroatoms. The third-order valence-corrected chi connectivity index (χ3v) is 8.29. The summed E-state index contributed by atoms with van der Waals surface area (Å²) >= 11 is 0. The first-order valence-electron chi connectivity index (χ1n) is 13.4. The molecule has 6 rings (SSSR count). The predicted molar refractivity (Wildman–Crippen MR) is 142 cm³/mol. The molecule has 0 spiro atoms. The molecule has 3 fully saturated rings. The Morgan fingerprint density at radius 2 is 1.79 bits per heavy atom. The summed E-state index contributed by atoms with van der Waals surface area (Å²) in [6.45, 7) is 6.12. The Bertz CT molecular complexity index is 1350. The predicted octanol–water partition coefficient (Wildman–Crippen LogP) is 0.944. The van der Waals surface area contributed by atoms with Gasteiger partial charge in [0.05, 0.1) is 11.3 Å². The van der Waals surface area contributed by atoms with Crippen LogP contribution in [-0.4, -0.2) is 85.3 Å². The quantitative estimate of drug-likeness (QED) is 0.530. The fourth-order valence-electron chi connectivity index (χ4n) is 6.21. The molecule has 0 saturated carbocycles. The molecule has 3 N–H and O–H groups in total. The zero-order valence-corrected chi connectivity index (χ0v) is 21.6. The molecule has 0 bridgehead atoms. The van der Waals surface area contributed by atoms with E-state index in [2.05, 4.69) is 15.1 Å². The SMILES string of the molecule is NC(=O)c1cccc(F)c1N1CC(CN2CCN(c3ccc4c(c3)CN(C3CCC(=O)NC3=O)C4=O)CC2)C1. The molecule has 10 nitrogen and oxygen atoms in total. The van der Waals surface area contributed by atoms with Gasteiger partial charge >= 0.3 is 0 Å². The number of rotatable bonds is 6. The van der Waals surface area contributed by atoms with Crippen LogP contribution < -0.4 is 20.9 Å². The molecule has 1 atom stereocenters. The minimum atomic E-state index is -0.622. The van der Waals surface area contributed by atoms with Crippen LogP contribution in [0.2, 0.25) is 0 Å². The topological polar surface area (TPSA) is 119 Å². The van der Waals surface area contributed by atoms with E-state index < -0.39 is 23.7 Å². The second kappa shape index (κ2) is 9.96. The van der Waals surface area contributed by atoms with Crippen molar-refractivity contribution in [3.05, 3.63) is 58.9 Å². The number of para-hydroxylation sites is 1. The van der Waals surface area contributed by atoms with E-state index >= 15 is 0 Å². The molecular weight excluding hydrogens is 503 g/mol. The van der Waals surface area contributed by atoms with Crippen molar-refractivity contribution in [2.75, 3.05) is 55.6 Å². The molecule has 0 aromatic heterocycles. The first-order chi connectivity index (χ1) is 18.8. The Morgan fingerprint density at radius 1 is 1.03 bits per heavy atom. The van der Waals surface area contributed by atoms with E-state index in [4.69, 9.17) is 5.73 Å². The van der Waals surface area contributed by atoms with Crippen LogP contribution in [0, 0.1) is 11.7 Å². The second-order valence-corrected chi connectivity index (χ2v) is 10.8. The van der Waals surface area contributed by atoms with Gasteiger partial charge < -0.3 is 20.4 Å². The number of hydrogen-bond donors (Lipinski definition) is 2. The molecule has 1 unspecified atom stereocenters. The minimum absolute atomic E-state index is 0.163. The van der Waals surface area contributed by atoms with Crippen LogP contribution in [0.15, 0.2) is 36.4 Å². The first kappa shape index (κ1) is 25.3. The van der Waals surface area contributed by atoms with Gasteiger partial charge in [-0.3, -0.25) is 29.4 Å². The highest BCUT2D eigenvalue weighted by Gasteiger charge is 2.39. The Hall–Kier alpha value is -3.99. The Kier molecular flexibility index (Phi) is 6.46. The van der Waals surface area contributed by atoms with E-state index in [0.29, 0.717) is 43.2 Å². The fraction of sp³-hybridized carbons (Fsp3) is 0.429. The minimum Gasteiger partial charge on any atom is -0.369 e. The number of hydrogen-bond acceptors (Lipinski definition) is 7. The van der Waals surface area contributed by atoms with Crippen LogP contribution in [0.4, 0.5) is 15.8 Å². The average molecular weight is 535 g/mol. The zero-order chi connectivity index (χ0) is 27.3. The van der Waals surface area contributed by atoms with Crippen LogP contribution >= 0.6 is 0 Å². The number of nitrogens with zero attached hydrogens (tertiary/aromatic N) is 4. The molecule has 4 heterocycles. The number of nitrogens with one attached hydrogen (secondary N) is 1. The van der Waals surface area contributed by atoms with E-state index in [9.17, 15) is 23.6 Å². The lowest BCUT2D eigenvalue weighted by Gasteiger charge is -2.45. The molecule has 3 saturated heterocycles. The van der Waals surface area contributed by atoms with Gasteiger partial charge in [0.1, 0.15) is 11.9 Å². The highest BCUT2D eigenvalue weighted by atomic mass is 19.1. The maximum Gasteiger partial charge on any atom is 0.255 e. The van der Waals surface area contributed by atoms with Gasteiger partial charge in [-0.2, -0.15) is 0 Å². The zero-order valence-electron chi connectivity index (χ0n) is 21.6. The molecule has 4 amide bonds. The summed E-state index contributed by atoms with van der Waals surface area (Å²) in [6, 6.07) is 9.67. The van der Waals surface area contributed by atoms with Crippen molar-refractivity contribution < 1.29 is 23.6 Å². The number of halogens is 1. The Balaban J connectivity index is 1.02. The molecule has 2 aromatic carbocycles. The van der Waals surface area contributed by atoms with Gasteiger partial charge in [-0.1, -0.05) is 6.07 Å². The van der Waals surface area contributed by atoms with Crippen molar-refractivity contribution in [3.63, 3.8) is 0 Å². The van der Waals surface area contributed by atoms with Crippen molar-refractivity contribution in [1.29, 1.82) is 0 Å². The summed E-state index contributed by atoms with van der Waals surface area (Å²) in [6.07, 6.45) is 0.590. The number of primary amides is 1. The molecule has 4 aliphatic rings. The summed E-state index contributed by atoms with van der Waals surface area (Å²) in [7, 11) is 0. The molecular formula is C28H31FN6O4. The van der Waals surface area contributed by atoms with Crippen LogP contribution in [0.1, 0.15) is 39.1 Å². The maximum absolute atomic E-state index is 14.4. The Morgan fingerprint density at radius 3 is 2.51 bits per heavy atom. The summed E-state index contributed by atoms with van der Waals surface area (Å²) < 4.78 is 14.4. The highest BCUT2D eigenvalue weighted by Crippen LogP contribution is 2.33. The molecule has 0 aliphatic carbocycles. The average Bonchev–Trinajstić information content (AvgIpc) is 3.22. The summed E-state index contributed by atoms with van der Waals surface area (Å²) in [4.78, 5) is 56.7. The van der Waals surface area contributed by atoms with Crippen molar-refractivity contribution in [2.24, 2.45) is 11.7 Å². The summed E-state index contributed by atoms with van der Waals surface area (Å²) in [5.41, 5.74) is 8.54. The van der Waals surface area contributed by atoms with Gasteiger partial charge in [-0.25, -0.2) is 4.39 Å². The largest absolute Gasteiger partial charge is 0.369 e. The Labute approximate surface area is 225 Å². The molecule has 39 heavy (non-hydrogen) atoms. The van der Waals surface area contributed by atoms with E-state index in [1.807, 2.05) is 23.1 Å². The maximum atomic E-state index is 14.4. The van der Waals surface area contributed by atoms with E-state index in [1.54, 1.807) is 11.0 Å². The van der Waals surface area contributed by atoms with Gasteiger partial charge in [0.2, 0.25) is 11.8 Å². The second-order valence-electron chi connectivity index (χ2n) is 10.8. The van der Waals surface area contributed by atoms with Crippen LogP contribution in [0.5, 0.6) is 0 Å². The van der Waals surface area contributed by atoms with Gasteiger partial charge in [-0.15, -0.1) is 0 Å². The fourth-order valence-corrected chi connectivity index (χ4v) is 6.21. The lowest BCUT2D eigenvalue weighted by atomic mass is 9.96. The monoisotopic (exact) mass is 534 g/mol. The number of piperidine rings is 1. The molecule has 204 valence electrons. The summed E-state index contributed by atoms with van der Waals surface area (Å²) in [5.74, 6) is -1.51. The van der Waals surface area contributed by atoms with Crippen LogP contribution in [0.25, 0.3) is 0 Å². The van der Waals surface area contributed by atoms with Gasteiger partial charge in [0, 0.05) is 75.9 Å². The lowest BCUT2D eigenvalue weighted by molar-refractivity contribution is -0.136. The number of anilines is 2. The molecule has 2 aromatic rings. The van der Waals surface area contributed by atoms with E-state index in [-0.39, 0.29) is 23.8 Å². The number of benzene rings is 2. The van der Waals surface area contributed by atoms with Crippen molar-refractivity contribution in [2.45, 2.75) is 25.4 Å². The normalized spacial score (nSPS) is 22.1. The van der Waals surface area contributed by atoms with Crippen LogP contribution in [-0.2, 0) is 16.1 Å². The number of carbonyl (C=O) groups excluding carboxylic acids is 4. The van der Waals surface area contributed by atoms with Gasteiger partial charge in [0.25, 0.3) is 11.8 Å². The number of piperazine rings is 1. The van der Waals surface area contributed by atoms with Crippen LogP contribution in [0.3, 0.4) is 0 Å². The van der Waals surface area contributed by atoms with Crippen molar-refractivity contribution in [3.8, 4) is 0 Å². The lowest BCUT2D eigenvalue weighted by Crippen LogP contribution is -2.55. The number of carbonyl (C=O) groups is 4. The number of nitrogens with two attached hydrogens (primary N) is 1. The standard InChI is InChI=1S/C28H31FN6O4/c29-22-3-1-2-21(26(30)37)25(22)34-14-17(15-34)13-32-8-10-33(11-9-32)19-4-5-20-18(12-19)16-35(28(20)39)23-6-7-24(36)31-27(23)38/h1-5,12,17,23H,6-11,13-16H2,(H2,30,37)(H,31,36,38). The smallest absolute Gasteiger partial charge is 0.255 e. The number of imide groups is 1. The van der Waals surface area contributed by atoms with E-state index in [1.165, 1.54) is 12.1 Å². The van der Waals surface area contributed by atoms with Crippen molar-refractivity contribution in [1.82, 2.24) is 15.1 Å². The summed E-state index contributed by atoms with van der Waals surface area (Å²) in [5, 5.41) is 2.34. The first-order valence-corrected chi connectivity index (χ1v) is 13.4. The highest BCUT2D eigenvalue weighted by molar-refractivity contribution is 6.05. The third-order valence-electron chi connectivity index (χ3n) is 8.29. The van der Waals surface area contributed by atoms with Gasteiger partial charge in [0.15, 0.2) is 0 Å². The van der Waals surface area contributed by atoms with E-state index in [0.717, 1.165) is 44.0 Å².